The summed E-state index contributed by atoms with van der Waals surface area (Å²) in [6.07, 6.45) is 1.67. The minimum atomic E-state index is -0.639. The minimum absolute atomic E-state index is 0.238. The van der Waals surface area contributed by atoms with E-state index in [1.54, 1.807) is 6.07 Å². The van der Waals surface area contributed by atoms with Gasteiger partial charge in [0.25, 0.3) is 0 Å². The molecule has 2 N–H and O–H groups in total. The number of carbonyl (C=O) groups is 2. The van der Waals surface area contributed by atoms with Crippen molar-refractivity contribution in [3.8, 4) is 0 Å². The number of aryl methyl sites for hydroxylation is 1. The predicted molar refractivity (Wildman–Crippen MR) is 76.3 cm³/mol. The molecule has 1 heterocycles. The van der Waals surface area contributed by atoms with Crippen LogP contribution in [0.3, 0.4) is 0 Å². The highest BCUT2D eigenvalue weighted by Gasteiger charge is 2.27. The van der Waals surface area contributed by atoms with Crippen molar-refractivity contribution < 1.29 is 14.7 Å². The predicted octanol–water partition coefficient (Wildman–Crippen LogP) is 1.17. The largest absolute Gasteiger partial charge is 0.391 e. The van der Waals surface area contributed by atoms with E-state index in [2.05, 4.69) is 5.32 Å². The Morgan fingerprint density at radius 2 is 2.15 bits per heavy atom. The lowest BCUT2D eigenvalue weighted by atomic mass is 10.1. The number of carbonyl (C=O) groups excluding carboxylic acids is 2. The van der Waals surface area contributed by atoms with Gasteiger partial charge in [-0.25, -0.2) is 0 Å². The number of amides is 2. The van der Waals surface area contributed by atoms with E-state index >= 15 is 0 Å². The highest BCUT2D eigenvalue weighted by molar-refractivity contribution is 6.39. The Morgan fingerprint density at radius 3 is 2.85 bits per heavy atom. The zero-order chi connectivity index (χ0) is 14.5. The maximum atomic E-state index is 12.1. The molecule has 0 spiro atoms. The Balaban J connectivity index is 2.02. The van der Waals surface area contributed by atoms with Gasteiger partial charge in [0, 0.05) is 18.8 Å². The maximum absolute atomic E-state index is 12.1. The van der Waals surface area contributed by atoms with Crippen molar-refractivity contribution in [3.63, 3.8) is 0 Å². The van der Waals surface area contributed by atoms with Crippen molar-refractivity contribution in [1.29, 1.82) is 0 Å². The topological polar surface area (TPSA) is 69.6 Å². The molecule has 1 aliphatic rings. The van der Waals surface area contributed by atoms with E-state index in [4.69, 9.17) is 0 Å². The number of nitrogens with one attached hydrogen (secondary N) is 1. The Labute approximate surface area is 118 Å². The van der Waals surface area contributed by atoms with E-state index in [1.165, 1.54) is 4.90 Å². The number of benzene rings is 1. The molecule has 2 amide bonds. The molecular weight excluding hydrogens is 256 g/mol. The Morgan fingerprint density at radius 1 is 1.40 bits per heavy atom. The molecule has 1 unspecified atom stereocenters. The second-order valence-electron chi connectivity index (χ2n) is 5.01. The molecule has 1 aliphatic heterocycles. The van der Waals surface area contributed by atoms with Crippen molar-refractivity contribution in [2.24, 2.45) is 0 Å². The molecule has 5 heteroatoms. The smallest absolute Gasteiger partial charge is 0.313 e. The third kappa shape index (κ3) is 3.36. The van der Waals surface area contributed by atoms with E-state index in [-0.39, 0.29) is 6.54 Å². The summed E-state index contributed by atoms with van der Waals surface area (Å²) < 4.78 is 0. The van der Waals surface area contributed by atoms with Gasteiger partial charge in [-0.15, -0.1) is 0 Å². The number of likely N-dealkylation sites (tertiary alicyclic amines) is 1. The fourth-order valence-electron chi connectivity index (χ4n) is 2.41. The lowest BCUT2D eigenvalue weighted by Gasteiger charge is -2.29. The Hall–Kier alpha value is -1.88. The van der Waals surface area contributed by atoms with E-state index in [1.807, 2.05) is 25.1 Å². The first-order valence-electron chi connectivity index (χ1n) is 6.98. The van der Waals surface area contributed by atoms with Crippen molar-refractivity contribution in [1.82, 2.24) is 4.90 Å². The van der Waals surface area contributed by atoms with Crippen molar-refractivity contribution in [2.45, 2.75) is 32.3 Å². The molecule has 1 aromatic carbocycles. The van der Waals surface area contributed by atoms with Gasteiger partial charge < -0.3 is 15.3 Å². The molecule has 0 radical (unpaired) electrons. The van der Waals surface area contributed by atoms with Crippen LogP contribution in [0.1, 0.15) is 25.3 Å². The summed E-state index contributed by atoms with van der Waals surface area (Å²) in [5, 5.41) is 12.2. The summed E-state index contributed by atoms with van der Waals surface area (Å²) in [6.45, 7) is 2.76. The zero-order valence-corrected chi connectivity index (χ0v) is 11.6. The van der Waals surface area contributed by atoms with Crippen LogP contribution in [0.25, 0.3) is 0 Å². The molecule has 0 aromatic heterocycles. The number of hydrogen-bond acceptors (Lipinski definition) is 3. The highest BCUT2D eigenvalue weighted by atomic mass is 16.3. The summed E-state index contributed by atoms with van der Waals surface area (Å²) in [4.78, 5) is 25.5. The van der Waals surface area contributed by atoms with Crippen molar-refractivity contribution >= 4 is 17.5 Å². The van der Waals surface area contributed by atoms with Crippen LogP contribution in [0, 0.1) is 0 Å². The quantitative estimate of drug-likeness (QED) is 0.797. The number of anilines is 1. The summed E-state index contributed by atoms with van der Waals surface area (Å²) in [5.74, 6) is -1.21. The minimum Gasteiger partial charge on any atom is -0.391 e. The first-order valence-corrected chi connectivity index (χ1v) is 6.98. The Bertz CT molecular complexity index is 502. The van der Waals surface area contributed by atoms with Crippen LogP contribution in [0.15, 0.2) is 24.3 Å². The molecule has 20 heavy (non-hydrogen) atoms. The fourth-order valence-corrected chi connectivity index (χ4v) is 2.41. The monoisotopic (exact) mass is 276 g/mol. The van der Waals surface area contributed by atoms with Crippen LogP contribution < -0.4 is 5.32 Å². The standard InChI is InChI=1S/C15H20N2O3/c1-2-11-6-3-4-8-13(11)16-14(19)15(20)17-9-5-7-12(18)10-17/h3-4,6,8,12,18H,2,5,7,9-10H2,1H3,(H,16,19). The van der Waals surface area contributed by atoms with Crippen LogP contribution in [-0.2, 0) is 16.0 Å². The number of aliphatic hydroxyl groups is 1. The molecule has 108 valence electrons. The van der Waals surface area contributed by atoms with Gasteiger partial charge in [-0.2, -0.15) is 0 Å². The molecule has 1 saturated heterocycles. The first-order chi connectivity index (χ1) is 9.61. The summed E-state index contributed by atoms with van der Waals surface area (Å²) in [5.41, 5.74) is 1.67. The van der Waals surface area contributed by atoms with Gasteiger partial charge in [0.05, 0.1) is 6.10 Å². The molecule has 0 saturated carbocycles. The summed E-state index contributed by atoms with van der Waals surface area (Å²) in [7, 11) is 0. The highest BCUT2D eigenvalue weighted by Crippen LogP contribution is 2.16. The van der Waals surface area contributed by atoms with Gasteiger partial charge in [-0.1, -0.05) is 25.1 Å². The number of hydrogen-bond donors (Lipinski definition) is 2. The van der Waals surface area contributed by atoms with Crippen LogP contribution >= 0.6 is 0 Å². The molecule has 1 fully saturated rings. The number of piperidine rings is 1. The van der Waals surface area contributed by atoms with Crippen LogP contribution in [-0.4, -0.2) is 41.0 Å². The van der Waals surface area contributed by atoms with E-state index in [9.17, 15) is 14.7 Å². The molecule has 2 rings (SSSR count). The number of β-amino-alcohol motifs (C(OH)–C–C–N with tert-alkyl or cyclic N) is 1. The van der Waals surface area contributed by atoms with Crippen molar-refractivity contribution in [2.75, 3.05) is 18.4 Å². The summed E-state index contributed by atoms with van der Waals surface area (Å²) >= 11 is 0. The molecule has 1 aromatic rings. The normalized spacial score (nSPS) is 18.7. The first kappa shape index (κ1) is 14.5. The number of aliphatic hydroxyl groups excluding tert-OH is 1. The summed E-state index contributed by atoms with van der Waals surface area (Å²) in [6, 6.07) is 7.43. The van der Waals surface area contributed by atoms with Gasteiger partial charge in [-0.3, -0.25) is 9.59 Å². The third-order valence-electron chi connectivity index (χ3n) is 3.52. The van der Waals surface area contributed by atoms with E-state index in [0.717, 1.165) is 18.4 Å². The van der Waals surface area contributed by atoms with Gasteiger partial charge in [-0.05, 0) is 30.9 Å². The van der Waals surface area contributed by atoms with Crippen LogP contribution in [0.4, 0.5) is 5.69 Å². The second kappa shape index (κ2) is 6.52. The SMILES string of the molecule is CCc1ccccc1NC(=O)C(=O)N1CCCC(O)C1. The Kier molecular flexibility index (Phi) is 4.74. The van der Waals surface area contributed by atoms with Crippen LogP contribution in [0.5, 0.6) is 0 Å². The molecular formula is C15H20N2O3. The van der Waals surface area contributed by atoms with Crippen LogP contribution in [0.2, 0.25) is 0 Å². The van der Waals surface area contributed by atoms with Crippen molar-refractivity contribution in [3.05, 3.63) is 29.8 Å². The van der Waals surface area contributed by atoms with Gasteiger partial charge in [0.2, 0.25) is 0 Å². The number of para-hydroxylation sites is 1. The maximum Gasteiger partial charge on any atom is 0.313 e. The van der Waals surface area contributed by atoms with Gasteiger partial charge in [0.15, 0.2) is 0 Å². The molecule has 0 bridgehead atoms. The lowest BCUT2D eigenvalue weighted by Crippen LogP contribution is -2.46. The second-order valence-corrected chi connectivity index (χ2v) is 5.01. The molecule has 1 atom stereocenters. The lowest BCUT2D eigenvalue weighted by molar-refractivity contribution is -0.145. The van der Waals surface area contributed by atoms with E-state index < -0.39 is 17.9 Å². The third-order valence-corrected chi connectivity index (χ3v) is 3.52. The number of rotatable bonds is 2. The number of nitrogens with zero attached hydrogens (tertiary/aromatic N) is 1. The zero-order valence-electron chi connectivity index (χ0n) is 11.6. The average molecular weight is 276 g/mol. The molecule has 0 aliphatic carbocycles. The molecule has 5 nitrogen and oxygen atoms in total. The van der Waals surface area contributed by atoms with Gasteiger partial charge >= 0.3 is 11.8 Å². The average Bonchev–Trinajstić information content (AvgIpc) is 2.47. The fraction of sp³-hybridized carbons (Fsp3) is 0.467. The van der Waals surface area contributed by atoms with E-state index in [0.29, 0.717) is 18.7 Å². The van der Waals surface area contributed by atoms with Gasteiger partial charge in [0.1, 0.15) is 0 Å².